The SMILES string of the molecule is Cc1cc2c(s1)-c1sc3c4c(sc3c1C2)-c1sc(C)cc1C4. The Hall–Kier alpha value is -0.940. The fraction of sp³-hybridized carbons (Fsp3) is 0.222. The molecule has 4 heteroatoms. The molecule has 0 saturated heterocycles. The van der Waals surface area contributed by atoms with Crippen LogP contribution >= 0.6 is 45.3 Å². The van der Waals surface area contributed by atoms with Crippen molar-refractivity contribution in [3.63, 3.8) is 0 Å². The lowest BCUT2D eigenvalue weighted by Gasteiger charge is -1.91. The van der Waals surface area contributed by atoms with Gasteiger partial charge in [-0.25, -0.2) is 0 Å². The van der Waals surface area contributed by atoms with Gasteiger partial charge in [-0.05, 0) is 48.2 Å². The highest BCUT2D eigenvalue weighted by molar-refractivity contribution is 7.34. The Bertz CT molecular complexity index is 1010. The minimum Gasteiger partial charge on any atom is -0.139 e. The monoisotopic (exact) mass is 356 g/mol. The number of aryl methyl sites for hydroxylation is 2. The summed E-state index contributed by atoms with van der Waals surface area (Å²) in [5, 5.41) is 0. The Morgan fingerprint density at radius 1 is 0.636 bits per heavy atom. The van der Waals surface area contributed by atoms with E-state index in [2.05, 4.69) is 48.7 Å². The fourth-order valence-electron chi connectivity index (χ4n) is 3.87. The van der Waals surface area contributed by atoms with E-state index >= 15 is 0 Å². The van der Waals surface area contributed by atoms with Crippen LogP contribution in [0.1, 0.15) is 32.0 Å². The molecule has 0 aromatic carbocycles. The van der Waals surface area contributed by atoms with Crippen LogP contribution in [0.4, 0.5) is 0 Å². The smallest absolute Gasteiger partial charge is 0.0502 e. The van der Waals surface area contributed by atoms with Crippen LogP contribution in [0.5, 0.6) is 0 Å². The van der Waals surface area contributed by atoms with E-state index in [-0.39, 0.29) is 0 Å². The predicted octanol–water partition coefficient (Wildman–Crippen LogP) is 6.85. The number of hydrogen-bond acceptors (Lipinski definition) is 4. The van der Waals surface area contributed by atoms with Crippen molar-refractivity contribution in [1.82, 2.24) is 0 Å². The van der Waals surface area contributed by atoms with Gasteiger partial charge in [0, 0.05) is 32.4 Å². The summed E-state index contributed by atoms with van der Waals surface area (Å²) in [7, 11) is 0. The predicted molar refractivity (Wildman–Crippen MR) is 101 cm³/mol. The number of hydrogen-bond donors (Lipinski definition) is 0. The lowest BCUT2D eigenvalue weighted by molar-refractivity contribution is 1.29. The molecule has 0 bridgehead atoms. The van der Waals surface area contributed by atoms with Crippen LogP contribution in [0.2, 0.25) is 0 Å². The Kier molecular flexibility index (Phi) is 2.23. The molecular weight excluding hydrogens is 344 g/mol. The van der Waals surface area contributed by atoms with E-state index in [1.807, 2.05) is 22.7 Å². The first-order chi connectivity index (χ1) is 10.7. The first-order valence-electron chi connectivity index (χ1n) is 7.45. The summed E-state index contributed by atoms with van der Waals surface area (Å²) in [5.74, 6) is 0. The van der Waals surface area contributed by atoms with Crippen LogP contribution in [-0.4, -0.2) is 0 Å². The zero-order valence-corrected chi connectivity index (χ0v) is 15.5. The topological polar surface area (TPSA) is 0 Å². The third-order valence-electron chi connectivity index (χ3n) is 4.72. The largest absolute Gasteiger partial charge is 0.139 e. The van der Waals surface area contributed by atoms with Crippen molar-refractivity contribution in [2.24, 2.45) is 0 Å². The van der Waals surface area contributed by atoms with Crippen LogP contribution in [-0.2, 0) is 12.8 Å². The molecule has 6 rings (SSSR count). The van der Waals surface area contributed by atoms with E-state index in [0.717, 1.165) is 12.8 Å². The molecule has 4 aromatic heterocycles. The minimum absolute atomic E-state index is 1.16. The summed E-state index contributed by atoms with van der Waals surface area (Å²) >= 11 is 8.08. The van der Waals surface area contributed by atoms with E-state index in [4.69, 9.17) is 0 Å². The molecule has 0 spiro atoms. The molecule has 0 fully saturated rings. The van der Waals surface area contributed by atoms with Gasteiger partial charge in [0.2, 0.25) is 0 Å². The molecule has 0 aliphatic heterocycles. The van der Waals surface area contributed by atoms with Gasteiger partial charge < -0.3 is 0 Å². The average molecular weight is 357 g/mol. The summed E-state index contributed by atoms with van der Waals surface area (Å²) in [6, 6.07) is 4.78. The zero-order valence-electron chi connectivity index (χ0n) is 12.2. The van der Waals surface area contributed by atoms with Gasteiger partial charge in [0.15, 0.2) is 0 Å². The van der Waals surface area contributed by atoms with Gasteiger partial charge >= 0.3 is 0 Å². The highest BCUT2D eigenvalue weighted by atomic mass is 32.1. The molecule has 4 aromatic rings. The van der Waals surface area contributed by atoms with Crippen LogP contribution in [0, 0.1) is 13.8 Å². The van der Waals surface area contributed by atoms with Gasteiger partial charge in [-0.15, -0.1) is 45.3 Å². The van der Waals surface area contributed by atoms with Crippen molar-refractivity contribution >= 4 is 54.7 Å². The molecule has 0 nitrogen and oxygen atoms in total. The standard InChI is InChI=1S/C18H12S4/c1-7-3-9-5-11-15(13(9)19-7)21-18-12-6-10-4-8(2)20-14(10)16(12)22-17(11)18/h3-4H,5-6H2,1-2H3. The Morgan fingerprint density at radius 2 is 1.09 bits per heavy atom. The zero-order chi connectivity index (χ0) is 14.6. The van der Waals surface area contributed by atoms with Crippen molar-refractivity contribution in [2.45, 2.75) is 26.7 Å². The second-order valence-corrected chi connectivity index (χ2v) is 10.8. The van der Waals surface area contributed by atoms with E-state index in [1.54, 1.807) is 51.2 Å². The maximum atomic E-state index is 2.39. The summed E-state index contributed by atoms with van der Waals surface area (Å²) in [6.45, 7) is 4.47. The van der Waals surface area contributed by atoms with Crippen molar-refractivity contribution in [2.75, 3.05) is 0 Å². The first kappa shape index (κ1) is 12.5. The Balaban J connectivity index is 1.63. The third-order valence-corrected chi connectivity index (χ3v) is 9.95. The van der Waals surface area contributed by atoms with E-state index < -0.39 is 0 Å². The van der Waals surface area contributed by atoms with Gasteiger partial charge in [-0.1, -0.05) is 0 Å². The van der Waals surface area contributed by atoms with Crippen LogP contribution in [0.15, 0.2) is 12.1 Å². The molecule has 0 amide bonds. The van der Waals surface area contributed by atoms with Crippen LogP contribution in [0.3, 0.4) is 0 Å². The summed E-state index contributed by atoms with van der Waals surface area (Å²) in [6.07, 6.45) is 2.31. The Morgan fingerprint density at radius 3 is 1.55 bits per heavy atom. The fourth-order valence-corrected chi connectivity index (χ4v) is 9.23. The maximum absolute atomic E-state index is 2.39. The molecular formula is C18H12S4. The van der Waals surface area contributed by atoms with Crippen LogP contribution in [0.25, 0.3) is 28.9 Å². The molecule has 2 aliphatic rings. The summed E-state index contributed by atoms with van der Waals surface area (Å²) < 4.78 is 3.17. The normalized spacial score (nSPS) is 14.5. The highest BCUT2D eigenvalue weighted by Crippen LogP contribution is 2.57. The average Bonchev–Trinajstić information content (AvgIpc) is 3.19. The van der Waals surface area contributed by atoms with Crippen molar-refractivity contribution in [3.05, 3.63) is 44.1 Å². The molecule has 22 heavy (non-hydrogen) atoms. The second-order valence-electron chi connectivity index (χ2n) is 6.25. The minimum atomic E-state index is 1.16. The first-order valence-corrected chi connectivity index (χ1v) is 10.7. The lowest BCUT2D eigenvalue weighted by atomic mass is 10.1. The molecule has 0 N–H and O–H groups in total. The van der Waals surface area contributed by atoms with Gasteiger partial charge in [0.25, 0.3) is 0 Å². The maximum Gasteiger partial charge on any atom is 0.0502 e. The molecule has 0 radical (unpaired) electrons. The Labute approximate surface area is 144 Å². The molecule has 2 aliphatic carbocycles. The van der Waals surface area contributed by atoms with Gasteiger partial charge in [-0.3, -0.25) is 0 Å². The van der Waals surface area contributed by atoms with E-state index in [0.29, 0.717) is 0 Å². The van der Waals surface area contributed by atoms with Crippen molar-refractivity contribution < 1.29 is 0 Å². The molecule has 4 heterocycles. The molecule has 0 saturated carbocycles. The molecule has 0 atom stereocenters. The second kappa shape index (κ2) is 3.93. The van der Waals surface area contributed by atoms with Crippen molar-refractivity contribution in [3.8, 4) is 19.5 Å². The van der Waals surface area contributed by atoms with Gasteiger partial charge in [0.1, 0.15) is 0 Å². The van der Waals surface area contributed by atoms with Crippen LogP contribution < -0.4 is 0 Å². The quantitative estimate of drug-likeness (QED) is 0.279. The summed E-state index contributed by atoms with van der Waals surface area (Å²) in [5.41, 5.74) is 6.37. The third kappa shape index (κ3) is 1.38. The van der Waals surface area contributed by atoms with E-state index in [9.17, 15) is 0 Å². The highest BCUT2D eigenvalue weighted by Gasteiger charge is 2.32. The molecule has 108 valence electrons. The van der Waals surface area contributed by atoms with Gasteiger partial charge in [0.05, 0.1) is 19.2 Å². The number of fused-ring (bicyclic) bond motifs is 9. The van der Waals surface area contributed by atoms with Gasteiger partial charge in [-0.2, -0.15) is 0 Å². The lowest BCUT2D eigenvalue weighted by Crippen LogP contribution is -1.77. The summed E-state index contributed by atoms with van der Waals surface area (Å²) in [4.78, 5) is 9.16. The number of thiophene rings is 4. The van der Waals surface area contributed by atoms with Crippen molar-refractivity contribution in [1.29, 1.82) is 0 Å². The molecule has 0 unspecified atom stereocenters. The number of rotatable bonds is 0. The van der Waals surface area contributed by atoms with E-state index in [1.165, 1.54) is 9.75 Å².